The van der Waals surface area contributed by atoms with Gasteiger partial charge in [0.25, 0.3) is 0 Å². The summed E-state index contributed by atoms with van der Waals surface area (Å²) in [7, 11) is 0. The second-order valence-electron chi connectivity index (χ2n) is 6.32. The van der Waals surface area contributed by atoms with Crippen LogP contribution in [-0.4, -0.2) is 38.8 Å². The lowest BCUT2D eigenvalue weighted by Crippen LogP contribution is -2.40. The van der Waals surface area contributed by atoms with E-state index in [0.29, 0.717) is 6.54 Å². The van der Waals surface area contributed by atoms with E-state index < -0.39 is 0 Å². The van der Waals surface area contributed by atoms with Gasteiger partial charge in [-0.3, -0.25) is 4.79 Å². The minimum absolute atomic E-state index is 0.0333. The van der Waals surface area contributed by atoms with Gasteiger partial charge >= 0.3 is 0 Å². The fourth-order valence-electron chi connectivity index (χ4n) is 3.16. The van der Waals surface area contributed by atoms with Gasteiger partial charge in [-0.25, -0.2) is 0 Å². The summed E-state index contributed by atoms with van der Waals surface area (Å²) >= 11 is 0. The zero-order valence-electron chi connectivity index (χ0n) is 14.1. The van der Waals surface area contributed by atoms with E-state index in [1.807, 2.05) is 31.2 Å². The van der Waals surface area contributed by atoms with Crippen LogP contribution in [0.4, 0.5) is 5.82 Å². The van der Waals surface area contributed by atoms with E-state index >= 15 is 0 Å². The lowest BCUT2D eigenvalue weighted by Gasteiger charge is -2.31. The third kappa shape index (κ3) is 3.33. The molecule has 3 aromatic rings. The van der Waals surface area contributed by atoms with Gasteiger partial charge in [0.05, 0.1) is 6.54 Å². The molecule has 25 heavy (non-hydrogen) atoms. The molecule has 1 amide bonds. The number of carbonyl (C=O) groups excluding carboxylic acids is 1. The Hall–Kier alpha value is -2.90. The number of aromatic nitrogens is 4. The standard InChI is InChI=1S/C17H20N6O2/c1-12-2-3-14(25-12)10-18-17(24)13-6-8-22(9-7-13)16-5-4-15-20-19-11-23(15)21-16/h2-5,11,13H,6-10H2,1H3,(H,18,24). The summed E-state index contributed by atoms with van der Waals surface area (Å²) < 4.78 is 7.15. The molecule has 3 aromatic heterocycles. The molecule has 1 N–H and O–H groups in total. The molecule has 130 valence electrons. The number of rotatable bonds is 4. The first-order chi connectivity index (χ1) is 12.2. The van der Waals surface area contributed by atoms with Gasteiger partial charge in [0.15, 0.2) is 5.65 Å². The molecular weight excluding hydrogens is 320 g/mol. The summed E-state index contributed by atoms with van der Waals surface area (Å²) in [5, 5.41) is 15.3. The summed E-state index contributed by atoms with van der Waals surface area (Å²) in [6, 6.07) is 7.65. The second-order valence-corrected chi connectivity index (χ2v) is 6.32. The van der Waals surface area contributed by atoms with Gasteiger partial charge in [-0.15, -0.1) is 15.3 Å². The molecule has 0 atom stereocenters. The summed E-state index contributed by atoms with van der Waals surface area (Å²) in [4.78, 5) is 14.5. The van der Waals surface area contributed by atoms with E-state index in [4.69, 9.17) is 4.42 Å². The Bertz CT molecular complexity index is 878. The van der Waals surface area contributed by atoms with Crippen LogP contribution in [0.2, 0.25) is 0 Å². The number of carbonyl (C=O) groups is 1. The largest absolute Gasteiger partial charge is 0.465 e. The van der Waals surface area contributed by atoms with Crippen LogP contribution in [-0.2, 0) is 11.3 Å². The molecule has 4 rings (SSSR count). The first kappa shape index (κ1) is 15.6. The third-order valence-corrected chi connectivity index (χ3v) is 4.57. The monoisotopic (exact) mass is 340 g/mol. The molecule has 0 spiro atoms. The molecule has 4 heterocycles. The molecule has 8 nitrogen and oxygen atoms in total. The third-order valence-electron chi connectivity index (χ3n) is 4.57. The minimum Gasteiger partial charge on any atom is -0.465 e. The zero-order chi connectivity index (χ0) is 17.2. The van der Waals surface area contributed by atoms with Gasteiger partial charge in [-0.2, -0.15) is 4.52 Å². The number of amides is 1. The lowest BCUT2D eigenvalue weighted by molar-refractivity contribution is -0.125. The van der Waals surface area contributed by atoms with Crippen LogP contribution in [0.25, 0.3) is 5.65 Å². The maximum Gasteiger partial charge on any atom is 0.223 e. The topological polar surface area (TPSA) is 88.6 Å². The molecule has 0 aromatic carbocycles. The number of anilines is 1. The predicted molar refractivity (Wildman–Crippen MR) is 91.0 cm³/mol. The Balaban J connectivity index is 1.32. The normalized spacial score (nSPS) is 15.6. The number of fused-ring (bicyclic) bond motifs is 1. The van der Waals surface area contributed by atoms with Crippen molar-refractivity contribution in [1.29, 1.82) is 0 Å². The van der Waals surface area contributed by atoms with E-state index in [2.05, 4.69) is 25.5 Å². The molecule has 1 aliphatic rings. The van der Waals surface area contributed by atoms with Crippen molar-refractivity contribution in [2.75, 3.05) is 18.0 Å². The highest BCUT2D eigenvalue weighted by Gasteiger charge is 2.25. The maximum atomic E-state index is 12.4. The van der Waals surface area contributed by atoms with E-state index in [1.165, 1.54) is 0 Å². The van der Waals surface area contributed by atoms with Crippen molar-refractivity contribution in [2.24, 2.45) is 5.92 Å². The lowest BCUT2D eigenvalue weighted by atomic mass is 9.96. The van der Waals surface area contributed by atoms with Crippen molar-refractivity contribution < 1.29 is 9.21 Å². The van der Waals surface area contributed by atoms with Gasteiger partial charge < -0.3 is 14.6 Å². The number of hydrogen-bond donors (Lipinski definition) is 1. The molecule has 0 aliphatic carbocycles. The molecule has 0 saturated carbocycles. The zero-order valence-corrected chi connectivity index (χ0v) is 14.1. The molecule has 0 unspecified atom stereocenters. The average Bonchev–Trinajstić information content (AvgIpc) is 3.27. The fourth-order valence-corrected chi connectivity index (χ4v) is 3.16. The molecule has 1 fully saturated rings. The predicted octanol–water partition coefficient (Wildman–Crippen LogP) is 1.56. The van der Waals surface area contributed by atoms with Gasteiger partial charge in [0, 0.05) is 19.0 Å². The van der Waals surface area contributed by atoms with Crippen molar-refractivity contribution in [2.45, 2.75) is 26.3 Å². The molecule has 1 aliphatic heterocycles. The molecule has 1 saturated heterocycles. The van der Waals surface area contributed by atoms with E-state index in [1.54, 1.807) is 10.8 Å². The highest BCUT2D eigenvalue weighted by atomic mass is 16.3. The molecular formula is C17H20N6O2. The van der Waals surface area contributed by atoms with Crippen LogP contribution < -0.4 is 10.2 Å². The number of aryl methyl sites for hydroxylation is 1. The van der Waals surface area contributed by atoms with Gasteiger partial charge in [-0.05, 0) is 44.0 Å². The van der Waals surface area contributed by atoms with Crippen molar-refractivity contribution in [3.63, 3.8) is 0 Å². The Morgan fingerprint density at radius 2 is 2.12 bits per heavy atom. The Labute approximate surface area is 144 Å². The minimum atomic E-state index is 0.0333. The Morgan fingerprint density at radius 1 is 1.28 bits per heavy atom. The van der Waals surface area contributed by atoms with Crippen LogP contribution in [0, 0.1) is 12.8 Å². The van der Waals surface area contributed by atoms with E-state index in [-0.39, 0.29) is 11.8 Å². The highest BCUT2D eigenvalue weighted by Crippen LogP contribution is 2.22. The van der Waals surface area contributed by atoms with Gasteiger partial charge in [0.2, 0.25) is 5.91 Å². The average molecular weight is 340 g/mol. The maximum absolute atomic E-state index is 12.4. The number of hydrogen-bond acceptors (Lipinski definition) is 6. The highest BCUT2D eigenvalue weighted by molar-refractivity contribution is 5.78. The summed E-state index contributed by atoms with van der Waals surface area (Å²) in [6.45, 7) is 3.95. The second kappa shape index (κ2) is 6.54. The van der Waals surface area contributed by atoms with E-state index in [0.717, 1.165) is 48.9 Å². The van der Waals surface area contributed by atoms with E-state index in [9.17, 15) is 4.79 Å². The van der Waals surface area contributed by atoms with Crippen LogP contribution >= 0.6 is 0 Å². The molecule has 8 heteroatoms. The summed E-state index contributed by atoms with van der Waals surface area (Å²) in [5.41, 5.74) is 0.728. The number of furan rings is 1. The van der Waals surface area contributed by atoms with Crippen LogP contribution in [0.1, 0.15) is 24.4 Å². The van der Waals surface area contributed by atoms with Crippen molar-refractivity contribution >= 4 is 17.4 Å². The first-order valence-electron chi connectivity index (χ1n) is 8.44. The van der Waals surface area contributed by atoms with Gasteiger partial charge in [0.1, 0.15) is 23.7 Å². The van der Waals surface area contributed by atoms with Crippen molar-refractivity contribution in [3.05, 3.63) is 42.1 Å². The van der Waals surface area contributed by atoms with Crippen LogP contribution in [0.3, 0.4) is 0 Å². The number of nitrogens with one attached hydrogen (secondary N) is 1. The van der Waals surface area contributed by atoms with Crippen molar-refractivity contribution in [3.8, 4) is 0 Å². The summed E-state index contributed by atoms with van der Waals surface area (Å²) in [6.07, 6.45) is 3.21. The first-order valence-corrected chi connectivity index (χ1v) is 8.44. The van der Waals surface area contributed by atoms with Crippen LogP contribution in [0.15, 0.2) is 35.0 Å². The Kier molecular flexibility index (Phi) is 4.09. The Morgan fingerprint density at radius 3 is 2.88 bits per heavy atom. The summed E-state index contributed by atoms with van der Waals surface area (Å²) in [5.74, 6) is 2.66. The molecule has 0 radical (unpaired) electrons. The smallest absolute Gasteiger partial charge is 0.223 e. The number of nitrogens with zero attached hydrogens (tertiary/aromatic N) is 5. The quantitative estimate of drug-likeness (QED) is 0.775. The SMILES string of the molecule is Cc1ccc(CNC(=O)C2CCN(c3ccc4nncn4n3)CC2)o1. The van der Waals surface area contributed by atoms with Crippen molar-refractivity contribution in [1.82, 2.24) is 25.1 Å². The fraction of sp³-hybridized carbons (Fsp3) is 0.412. The molecule has 0 bridgehead atoms. The van der Waals surface area contributed by atoms with Crippen LogP contribution in [0.5, 0.6) is 0 Å². The number of piperidine rings is 1. The van der Waals surface area contributed by atoms with Gasteiger partial charge in [-0.1, -0.05) is 0 Å².